The van der Waals surface area contributed by atoms with Crippen LogP contribution in [0.3, 0.4) is 0 Å². The summed E-state index contributed by atoms with van der Waals surface area (Å²) < 4.78 is 20.7. The average molecular weight is 423 g/mol. The van der Waals surface area contributed by atoms with Gasteiger partial charge in [0.2, 0.25) is 6.23 Å². The molecule has 2 heterocycles. The monoisotopic (exact) mass is 422 g/mol. The molecule has 0 spiro atoms. The fraction of sp³-hybridized carbons (Fsp3) is 0.136. The van der Waals surface area contributed by atoms with Crippen LogP contribution in [0.5, 0.6) is 5.75 Å². The first-order chi connectivity index (χ1) is 13.2. The zero-order chi connectivity index (χ0) is 18.4. The molecule has 0 saturated carbocycles. The van der Waals surface area contributed by atoms with Gasteiger partial charge in [-0.25, -0.2) is 9.40 Å². The number of hydrogen-bond donors (Lipinski definition) is 0. The van der Waals surface area contributed by atoms with Gasteiger partial charge in [0.15, 0.2) is 0 Å². The van der Waals surface area contributed by atoms with Gasteiger partial charge in [-0.15, -0.1) is 0 Å². The van der Waals surface area contributed by atoms with Crippen molar-refractivity contribution in [2.75, 3.05) is 0 Å². The summed E-state index contributed by atoms with van der Waals surface area (Å²) >= 11 is 3.49. The molecule has 5 rings (SSSR count). The molecular weight excluding hydrogens is 407 g/mol. The molecule has 0 radical (unpaired) electrons. The Morgan fingerprint density at radius 1 is 0.963 bits per heavy atom. The summed E-state index contributed by atoms with van der Waals surface area (Å²) in [6, 6.07) is 22.9. The Kier molecular flexibility index (Phi) is 3.97. The third kappa shape index (κ3) is 2.92. The second kappa shape index (κ2) is 6.50. The molecule has 2 aliphatic heterocycles. The van der Waals surface area contributed by atoms with Crippen molar-refractivity contribution < 1.29 is 9.13 Å². The van der Waals surface area contributed by atoms with Gasteiger partial charge in [-0.1, -0.05) is 58.4 Å². The summed E-state index contributed by atoms with van der Waals surface area (Å²) in [5.74, 6) is 0.652. The van der Waals surface area contributed by atoms with E-state index in [1.807, 2.05) is 47.5 Å². The summed E-state index contributed by atoms with van der Waals surface area (Å²) in [5, 5.41) is 6.91. The first-order valence-corrected chi connectivity index (χ1v) is 9.61. The number of benzene rings is 3. The van der Waals surface area contributed by atoms with Gasteiger partial charge in [0.05, 0.1) is 11.8 Å². The largest absolute Gasteiger partial charge is 0.464 e. The highest BCUT2D eigenvalue weighted by Crippen LogP contribution is 2.47. The lowest BCUT2D eigenvalue weighted by Crippen LogP contribution is -2.33. The molecule has 134 valence electrons. The number of halogens is 2. The summed E-state index contributed by atoms with van der Waals surface area (Å²) in [6.45, 7) is 0. The Bertz CT molecular complexity index is 1020. The minimum absolute atomic E-state index is 0.101. The molecule has 0 fully saturated rings. The third-order valence-electron chi connectivity index (χ3n) is 5.03. The van der Waals surface area contributed by atoms with Gasteiger partial charge in [-0.2, -0.15) is 5.10 Å². The lowest BCUT2D eigenvalue weighted by Gasteiger charge is -2.38. The van der Waals surface area contributed by atoms with Crippen LogP contribution in [0.1, 0.15) is 35.4 Å². The highest BCUT2D eigenvalue weighted by molar-refractivity contribution is 9.10. The fourth-order valence-corrected chi connectivity index (χ4v) is 3.96. The zero-order valence-electron chi connectivity index (χ0n) is 14.3. The van der Waals surface area contributed by atoms with Crippen LogP contribution >= 0.6 is 15.9 Å². The SMILES string of the molecule is Fc1ccc(C2=NN3[C@H](C2)c2ccccc2O[C@H]3c2ccc(Br)cc2)cc1. The second-order valence-corrected chi connectivity index (χ2v) is 7.63. The van der Waals surface area contributed by atoms with Gasteiger partial charge < -0.3 is 4.74 Å². The van der Waals surface area contributed by atoms with E-state index in [1.54, 1.807) is 12.1 Å². The van der Waals surface area contributed by atoms with E-state index in [4.69, 9.17) is 9.84 Å². The Labute approximate surface area is 165 Å². The Morgan fingerprint density at radius 3 is 2.48 bits per heavy atom. The van der Waals surface area contributed by atoms with Gasteiger partial charge in [0.25, 0.3) is 0 Å². The van der Waals surface area contributed by atoms with Crippen molar-refractivity contribution >= 4 is 21.6 Å². The van der Waals surface area contributed by atoms with E-state index in [0.717, 1.165) is 39.0 Å². The molecule has 0 N–H and O–H groups in total. The molecule has 0 unspecified atom stereocenters. The topological polar surface area (TPSA) is 24.8 Å². The number of para-hydroxylation sites is 1. The lowest BCUT2D eigenvalue weighted by atomic mass is 9.96. The van der Waals surface area contributed by atoms with Gasteiger partial charge in [-0.3, -0.25) is 0 Å². The molecular formula is C22H16BrFN2O. The van der Waals surface area contributed by atoms with E-state index in [1.165, 1.54) is 12.1 Å². The maximum absolute atomic E-state index is 13.3. The van der Waals surface area contributed by atoms with Crippen molar-refractivity contribution in [2.24, 2.45) is 5.10 Å². The van der Waals surface area contributed by atoms with E-state index < -0.39 is 0 Å². The fourth-order valence-electron chi connectivity index (χ4n) is 3.70. The van der Waals surface area contributed by atoms with Crippen molar-refractivity contribution in [3.63, 3.8) is 0 Å². The zero-order valence-corrected chi connectivity index (χ0v) is 15.9. The highest BCUT2D eigenvalue weighted by Gasteiger charge is 2.40. The molecule has 27 heavy (non-hydrogen) atoms. The Hall–Kier alpha value is -2.66. The molecule has 0 saturated heterocycles. The summed E-state index contributed by atoms with van der Waals surface area (Å²) in [4.78, 5) is 0. The number of hydrazone groups is 1. The van der Waals surface area contributed by atoms with Crippen LogP contribution in [-0.4, -0.2) is 10.7 Å². The van der Waals surface area contributed by atoms with Crippen molar-refractivity contribution in [3.05, 3.63) is 99.8 Å². The predicted octanol–water partition coefficient (Wildman–Crippen LogP) is 5.83. The first kappa shape index (κ1) is 16.5. The standard InChI is InChI=1S/C22H16BrFN2O/c23-16-9-5-15(6-10-16)22-26-20(18-3-1-2-4-21(18)27-22)13-19(25-26)14-7-11-17(24)12-8-14/h1-12,20,22H,13H2/t20-,22+/m1/s1. The molecule has 0 bridgehead atoms. The molecule has 3 nitrogen and oxygen atoms in total. The molecule has 3 aromatic rings. The van der Waals surface area contributed by atoms with E-state index in [0.29, 0.717) is 0 Å². The molecule has 0 aliphatic carbocycles. The number of nitrogens with zero attached hydrogens (tertiary/aromatic N) is 2. The van der Waals surface area contributed by atoms with E-state index in [9.17, 15) is 4.39 Å². The van der Waals surface area contributed by atoms with Crippen LogP contribution in [0.25, 0.3) is 0 Å². The summed E-state index contributed by atoms with van der Waals surface area (Å²) in [5.41, 5.74) is 4.06. The summed E-state index contributed by atoms with van der Waals surface area (Å²) in [7, 11) is 0. The minimum atomic E-state index is -0.295. The van der Waals surface area contributed by atoms with Crippen LogP contribution in [0, 0.1) is 5.82 Å². The Morgan fingerprint density at radius 2 is 1.70 bits per heavy atom. The number of ether oxygens (including phenoxy) is 1. The van der Waals surface area contributed by atoms with E-state index >= 15 is 0 Å². The second-order valence-electron chi connectivity index (χ2n) is 6.71. The third-order valence-corrected chi connectivity index (χ3v) is 5.56. The average Bonchev–Trinajstić information content (AvgIpc) is 3.14. The van der Waals surface area contributed by atoms with Crippen LogP contribution in [0.4, 0.5) is 4.39 Å². The van der Waals surface area contributed by atoms with Gasteiger partial charge in [0, 0.05) is 22.0 Å². The first-order valence-electron chi connectivity index (χ1n) is 8.82. The van der Waals surface area contributed by atoms with Crippen LogP contribution in [-0.2, 0) is 0 Å². The quantitative estimate of drug-likeness (QED) is 0.518. The number of fused-ring (bicyclic) bond motifs is 3. The highest BCUT2D eigenvalue weighted by atomic mass is 79.9. The van der Waals surface area contributed by atoms with E-state index in [-0.39, 0.29) is 18.1 Å². The Balaban J connectivity index is 1.58. The molecule has 0 amide bonds. The predicted molar refractivity (Wildman–Crippen MR) is 106 cm³/mol. The van der Waals surface area contributed by atoms with Gasteiger partial charge in [0.1, 0.15) is 11.6 Å². The van der Waals surface area contributed by atoms with Crippen molar-refractivity contribution in [2.45, 2.75) is 18.7 Å². The lowest BCUT2D eigenvalue weighted by molar-refractivity contribution is -0.0190. The molecule has 3 aromatic carbocycles. The smallest absolute Gasteiger partial charge is 0.213 e. The van der Waals surface area contributed by atoms with Gasteiger partial charge >= 0.3 is 0 Å². The number of rotatable bonds is 2. The molecule has 5 heteroatoms. The molecule has 2 atom stereocenters. The molecule has 2 aliphatic rings. The minimum Gasteiger partial charge on any atom is -0.464 e. The van der Waals surface area contributed by atoms with Crippen LogP contribution < -0.4 is 4.74 Å². The van der Waals surface area contributed by atoms with Crippen LogP contribution in [0.2, 0.25) is 0 Å². The van der Waals surface area contributed by atoms with Gasteiger partial charge in [-0.05, 0) is 35.9 Å². The number of hydrogen-bond acceptors (Lipinski definition) is 3. The maximum Gasteiger partial charge on any atom is 0.213 e. The molecule has 0 aromatic heterocycles. The summed E-state index contributed by atoms with van der Waals surface area (Å²) in [6.07, 6.45) is 0.468. The maximum atomic E-state index is 13.3. The van der Waals surface area contributed by atoms with Crippen LogP contribution in [0.15, 0.2) is 82.4 Å². The van der Waals surface area contributed by atoms with Crippen molar-refractivity contribution in [1.82, 2.24) is 5.01 Å². The normalized spacial score (nSPS) is 20.5. The van der Waals surface area contributed by atoms with E-state index in [2.05, 4.69) is 22.0 Å². The van der Waals surface area contributed by atoms with Crippen molar-refractivity contribution in [3.8, 4) is 5.75 Å². The van der Waals surface area contributed by atoms with Crippen molar-refractivity contribution in [1.29, 1.82) is 0 Å².